The summed E-state index contributed by atoms with van der Waals surface area (Å²) in [4.78, 5) is 17.6. The number of nitrogens with one attached hydrogen (secondary N) is 1. The van der Waals surface area contributed by atoms with Crippen molar-refractivity contribution in [3.63, 3.8) is 0 Å². The van der Waals surface area contributed by atoms with Crippen molar-refractivity contribution in [2.75, 3.05) is 38.7 Å². The van der Waals surface area contributed by atoms with Gasteiger partial charge < -0.3 is 19.3 Å². The van der Waals surface area contributed by atoms with Crippen LogP contribution in [-0.2, 0) is 20.8 Å². The number of rotatable bonds is 6. The molecule has 0 saturated carbocycles. The molecule has 1 atom stereocenters. The molecular weight excluding hydrogens is 462 g/mol. The Morgan fingerprint density at radius 3 is 2.70 bits per heavy atom. The number of benzene rings is 2. The van der Waals surface area contributed by atoms with Crippen LogP contribution in [-0.4, -0.2) is 53.2 Å². The smallest absolute Gasteiger partial charge is 0.339 e. The second kappa shape index (κ2) is 10.3. The first kappa shape index (κ1) is 23.8. The van der Waals surface area contributed by atoms with Crippen molar-refractivity contribution in [3.8, 4) is 0 Å². The van der Waals surface area contributed by atoms with Gasteiger partial charge in [0, 0.05) is 10.4 Å². The second-order valence-corrected chi connectivity index (χ2v) is 9.92. The monoisotopic (exact) mass is 487 g/mol. The molecule has 33 heavy (non-hydrogen) atoms. The molecule has 3 aromatic rings. The number of hydrogen-bond donors (Lipinski definition) is 1. The molecule has 174 valence electrons. The zero-order valence-corrected chi connectivity index (χ0v) is 20.3. The van der Waals surface area contributed by atoms with Gasteiger partial charge in [0.25, 0.3) is 0 Å². The number of carbonyl (C=O) groups is 1. The molecule has 2 heterocycles. The first-order valence-corrected chi connectivity index (χ1v) is 12.2. The molecule has 1 N–H and O–H groups in total. The third kappa shape index (κ3) is 5.10. The number of ether oxygens (including phenoxy) is 2. The first-order chi connectivity index (χ1) is 15.9. The van der Waals surface area contributed by atoms with Crippen molar-refractivity contribution in [3.05, 3.63) is 58.7 Å². The highest BCUT2D eigenvalue weighted by atomic mass is 35.5. The Bertz CT molecular complexity index is 1170. The summed E-state index contributed by atoms with van der Waals surface area (Å²) >= 11 is 4.82. The van der Waals surface area contributed by atoms with Crippen LogP contribution in [0.4, 0.5) is 11.4 Å². The molecule has 7 nitrogen and oxygen atoms in total. The molecule has 4 rings (SSSR count). The number of hydrogen-bond acceptors (Lipinski definition) is 7. The quantitative estimate of drug-likeness (QED) is 0.391. The number of fused-ring (bicyclic) bond motifs is 1. The SMILES string of the molecule is COC(=O)c1cc(C(C)C)ccc1Nc1c([S+]([O-])N2CCOCC2)cnc2ccc(Cl)cc12. The second-order valence-electron chi connectivity index (χ2n) is 8.03. The minimum Gasteiger partial charge on any atom is -0.593 e. The summed E-state index contributed by atoms with van der Waals surface area (Å²) in [6.45, 7) is 6.26. The van der Waals surface area contributed by atoms with E-state index >= 15 is 0 Å². The van der Waals surface area contributed by atoms with Crippen LogP contribution < -0.4 is 5.32 Å². The van der Waals surface area contributed by atoms with E-state index in [0.717, 1.165) is 5.56 Å². The van der Waals surface area contributed by atoms with E-state index in [4.69, 9.17) is 21.1 Å². The number of nitrogens with zero attached hydrogens (tertiary/aromatic N) is 2. The van der Waals surface area contributed by atoms with E-state index in [2.05, 4.69) is 24.1 Å². The summed E-state index contributed by atoms with van der Waals surface area (Å²) in [7, 11) is 1.36. The van der Waals surface area contributed by atoms with Crippen molar-refractivity contribution in [2.24, 2.45) is 0 Å². The number of halogens is 1. The molecule has 9 heteroatoms. The Morgan fingerprint density at radius 2 is 2.00 bits per heavy atom. The topological polar surface area (TPSA) is 86.8 Å². The molecule has 0 amide bonds. The number of pyridine rings is 1. The van der Waals surface area contributed by atoms with Gasteiger partial charge in [0.1, 0.15) is 5.69 Å². The van der Waals surface area contributed by atoms with Crippen LogP contribution in [0.5, 0.6) is 0 Å². The zero-order valence-electron chi connectivity index (χ0n) is 18.8. The standard InChI is InChI=1S/C24H26ClN3O4S/c1-15(2)16-4-6-21(19(12-16)24(29)31-3)27-23-18-13-17(25)5-7-20(18)26-14-22(23)33(30)28-8-10-32-11-9-28/h4-7,12-15H,8-11H2,1-3H3,(H,26,27). The normalized spacial score (nSPS) is 15.6. The highest BCUT2D eigenvalue weighted by Gasteiger charge is 2.30. The highest BCUT2D eigenvalue weighted by molar-refractivity contribution is 7.89. The maximum Gasteiger partial charge on any atom is 0.339 e. The number of aromatic nitrogens is 1. The van der Waals surface area contributed by atoms with E-state index in [0.29, 0.717) is 64.1 Å². The molecule has 1 unspecified atom stereocenters. The van der Waals surface area contributed by atoms with E-state index in [1.807, 2.05) is 28.6 Å². The van der Waals surface area contributed by atoms with Gasteiger partial charge in [-0.25, -0.2) is 4.79 Å². The van der Waals surface area contributed by atoms with Crippen LogP contribution in [0.1, 0.15) is 35.7 Å². The van der Waals surface area contributed by atoms with Gasteiger partial charge in [-0.1, -0.05) is 31.5 Å². The van der Waals surface area contributed by atoms with E-state index in [9.17, 15) is 9.35 Å². The van der Waals surface area contributed by atoms with E-state index < -0.39 is 17.3 Å². The summed E-state index contributed by atoms with van der Waals surface area (Å²) in [5.74, 6) is -0.209. The van der Waals surface area contributed by atoms with Crippen LogP contribution in [0.3, 0.4) is 0 Å². The van der Waals surface area contributed by atoms with Crippen LogP contribution >= 0.6 is 11.6 Å². The summed E-state index contributed by atoms with van der Waals surface area (Å²) in [5, 5.41) is 4.61. The van der Waals surface area contributed by atoms with Gasteiger partial charge in [0.05, 0.1) is 67.7 Å². The molecule has 1 fully saturated rings. The Hall–Kier alpha value is -2.36. The van der Waals surface area contributed by atoms with Crippen molar-refractivity contribution in [1.29, 1.82) is 0 Å². The van der Waals surface area contributed by atoms with Gasteiger partial charge in [-0.3, -0.25) is 4.98 Å². The van der Waals surface area contributed by atoms with E-state index in [-0.39, 0.29) is 5.92 Å². The molecule has 2 aromatic carbocycles. The molecule has 0 bridgehead atoms. The van der Waals surface area contributed by atoms with E-state index in [1.54, 1.807) is 18.3 Å². The van der Waals surface area contributed by atoms with Crippen molar-refractivity contribution >= 4 is 51.2 Å². The fourth-order valence-corrected chi connectivity index (χ4v) is 5.11. The van der Waals surface area contributed by atoms with Gasteiger partial charge in [-0.15, -0.1) is 4.31 Å². The third-order valence-electron chi connectivity index (χ3n) is 5.56. The van der Waals surface area contributed by atoms with Gasteiger partial charge in [-0.2, -0.15) is 0 Å². The Kier molecular flexibility index (Phi) is 7.41. The Labute approximate surface area is 201 Å². The lowest BCUT2D eigenvalue weighted by atomic mass is 9.99. The predicted molar refractivity (Wildman–Crippen MR) is 131 cm³/mol. The van der Waals surface area contributed by atoms with Gasteiger partial charge in [0.2, 0.25) is 4.90 Å². The molecular formula is C24H26ClN3O4S. The molecule has 1 aromatic heterocycles. The first-order valence-electron chi connectivity index (χ1n) is 10.7. The van der Waals surface area contributed by atoms with Crippen molar-refractivity contribution < 1.29 is 18.8 Å². The maximum atomic E-state index is 13.5. The number of methoxy groups -OCH3 is 1. The number of anilines is 2. The van der Waals surface area contributed by atoms with Crippen LogP contribution in [0.2, 0.25) is 5.02 Å². The molecule has 1 aliphatic rings. The minimum absolute atomic E-state index is 0.243. The average Bonchev–Trinajstić information content (AvgIpc) is 2.84. The summed E-state index contributed by atoms with van der Waals surface area (Å²) < 4.78 is 25.8. The Balaban J connectivity index is 1.85. The Morgan fingerprint density at radius 1 is 1.24 bits per heavy atom. The highest BCUT2D eigenvalue weighted by Crippen LogP contribution is 2.36. The summed E-state index contributed by atoms with van der Waals surface area (Å²) in [6.07, 6.45) is 1.62. The minimum atomic E-state index is -1.48. The van der Waals surface area contributed by atoms with Gasteiger partial charge >= 0.3 is 5.97 Å². The fraction of sp³-hybridized carbons (Fsp3) is 0.333. The third-order valence-corrected chi connectivity index (χ3v) is 7.32. The average molecular weight is 488 g/mol. The lowest BCUT2D eigenvalue weighted by Gasteiger charge is -2.28. The fourth-order valence-electron chi connectivity index (χ4n) is 3.70. The molecule has 0 radical (unpaired) electrons. The zero-order chi connectivity index (χ0) is 23.5. The van der Waals surface area contributed by atoms with Crippen molar-refractivity contribution in [2.45, 2.75) is 24.7 Å². The predicted octanol–water partition coefficient (Wildman–Crippen LogP) is 4.90. The molecule has 0 aliphatic carbocycles. The molecule has 1 saturated heterocycles. The van der Waals surface area contributed by atoms with Crippen LogP contribution in [0.25, 0.3) is 10.9 Å². The summed E-state index contributed by atoms with van der Waals surface area (Å²) in [5.41, 5.74) is 3.26. The largest absolute Gasteiger partial charge is 0.593 e. The summed E-state index contributed by atoms with van der Waals surface area (Å²) in [6, 6.07) is 11.0. The van der Waals surface area contributed by atoms with Crippen molar-refractivity contribution in [1.82, 2.24) is 9.29 Å². The van der Waals surface area contributed by atoms with Crippen LogP contribution in [0, 0.1) is 0 Å². The number of morpholine rings is 1. The number of carbonyl (C=O) groups excluding carboxylic acids is 1. The molecule has 0 spiro atoms. The van der Waals surface area contributed by atoms with E-state index in [1.165, 1.54) is 7.11 Å². The van der Waals surface area contributed by atoms with Crippen LogP contribution in [0.15, 0.2) is 47.5 Å². The molecule has 1 aliphatic heterocycles. The lowest BCUT2D eigenvalue weighted by Crippen LogP contribution is -2.40. The maximum absolute atomic E-state index is 13.5. The number of esters is 1. The lowest BCUT2D eigenvalue weighted by molar-refractivity contribution is 0.0601. The van der Waals surface area contributed by atoms with Gasteiger partial charge in [-0.05, 0) is 41.8 Å². The van der Waals surface area contributed by atoms with Gasteiger partial charge in [0.15, 0.2) is 0 Å².